The summed E-state index contributed by atoms with van der Waals surface area (Å²) in [6.45, 7) is 1.80. The lowest BCUT2D eigenvalue weighted by Crippen LogP contribution is -2.26. The average Bonchev–Trinajstić information content (AvgIpc) is 2.91. The zero-order chi connectivity index (χ0) is 19.7. The highest BCUT2D eigenvalue weighted by Crippen LogP contribution is 2.35. The molecule has 1 atom stereocenters. The number of hydrogen-bond acceptors (Lipinski definition) is 5. The zero-order valence-electron chi connectivity index (χ0n) is 14.7. The van der Waals surface area contributed by atoms with Gasteiger partial charge in [-0.25, -0.2) is 9.37 Å². The molecule has 3 rings (SSSR count). The molecule has 1 aromatic carbocycles. The molecule has 8 nitrogen and oxygen atoms in total. The van der Waals surface area contributed by atoms with Gasteiger partial charge in [-0.2, -0.15) is 0 Å². The molecule has 0 spiro atoms. The van der Waals surface area contributed by atoms with Crippen molar-refractivity contribution in [3.63, 3.8) is 0 Å². The van der Waals surface area contributed by atoms with E-state index in [9.17, 15) is 19.1 Å². The van der Waals surface area contributed by atoms with Crippen LogP contribution in [0, 0.1) is 17.7 Å². The minimum atomic E-state index is -0.928. The minimum absolute atomic E-state index is 0.0115. The van der Waals surface area contributed by atoms with E-state index in [1.54, 1.807) is 0 Å². The maximum atomic E-state index is 14.3. The lowest BCUT2D eigenvalue weighted by Gasteiger charge is -2.08. The van der Waals surface area contributed by atoms with Crippen LogP contribution in [-0.2, 0) is 6.54 Å². The number of amides is 2. The van der Waals surface area contributed by atoms with Crippen molar-refractivity contribution >= 4 is 11.8 Å². The molecular formula is C18H17FN4O4. The number of carbonyl (C=O) groups excluding carboxylic acids is 2. The van der Waals surface area contributed by atoms with E-state index in [0.29, 0.717) is 5.56 Å². The van der Waals surface area contributed by atoms with Gasteiger partial charge in [-0.15, -0.1) is 0 Å². The highest BCUT2D eigenvalue weighted by molar-refractivity contribution is 6.05. The first-order valence-corrected chi connectivity index (χ1v) is 8.12. The molecule has 1 aromatic heterocycles. The van der Waals surface area contributed by atoms with E-state index in [2.05, 4.69) is 22.1 Å². The number of aromatic nitrogens is 2. The summed E-state index contributed by atoms with van der Waals surface area (Å²) in [5.41, 5.74) is 5.59. The van der Waals surface area contributed by atoms with Crippen molar-refractivity contribution in [2.45, 2.75) is 19.6 Å². The number of fused-ring (bicyclic) bond motifs is 3. The van der Waals surface area contributed by atoms with Crippen molar-refractivity contribution < 1.29 is 23.8 Å². The maximum absolute atomic E-state index is 14.3. The SMILES string of the molecule is CNC(=O)c1c(C(N)=O)nc2n1CCOc1cc(F)c(C#C[C@@H](C)O)cc1-2. The summed E-state index contributed by atoms with van der Waals surface area (Å²) in [4.78, 5) is 28.3. The first-order chi connectivity index (χ1) is 12.8. The Hall–Kier alpha value is -3.38. The molecule has 2 amide bonds. The van der Waals surface area contributed by atoms with Crippen LogP contribution in [-0.4, -0.2) is 46.2 Å². The van der Waals surface area contributed by atoms with Crippen molar-refractivity contribution in [1.29, 1.82) is 0 Å². The van der Waals surface area contributed by atoms with Crippen LogP contribution in [0.4, 0.5) is 4.39 Å². The molecule has 1 aliphatic heterocycles. The Morgan fingerprint density at radius 3 is 2.85 bits per heavy atom. The van der Waals surface area contributed by atoms with E-state index in [1.165, 1.54) is 24.6 Å². The Balaban J connectivity index is 2.27. The second-order valence-electron chi connectivity index (χ2n) is 5.85. The summed E-state index contributed by atoms with van der Waals surface area (Å²) >= 11 is 0. The number of halogens is 1. The van der Waals surface area contributed by atoms with Gasteiger partial charge in [-0.05, 0) is 13.0 Å². The number of hydrogen-bond donors (Lipinski definition) is 3. The fourth-order valence-electron chi connectivity index (χ4n) is 2.77. The number of rotatable bonds is 2. The molecule has 0 fully saturated rings. The third-order valence-electron chi connectivity index (χ3n) is 3.94. The van der Waals surface area contributed by atoms with Gasteiger partial charge < -0.3 is 25.5 Å². The van der Waals surface area contributed by atoms with Gasteiger partial charge in [-0.3, -0.25) is 9.59 Å². The van der Waals surface area contributed by atoms with Gasteiger partial charge >= 0.3 is 0 Å². The number of benzene rings is 1. The van der Waals surface area contributed by atoms with Gasteiger partial charge in [0.2, 0.25) is 0 Å². The largest absolute Gasteiger partial charge is 0.491 e. The van der Waals surface area contributed by atoms with E-state index >= 15 is 0 Å². The number of nitrogens with two attached hydrogens (primary N) is 1. The minimum Gasteiger partial charge on any atom is -0.491 e. The van der Waals surface area contributed by atoms with Crippen molar-refractivity contribution in [1.82, 2.24) is 14.9 Å². The number of primary amides is 1. The number of nitrogens with zero attached hydrogens (tertiary/aromatic N) is 2. The lowest BCUT2D eigenvalue weighted by molar-refractivity contribution is 0.0933. The molecule has 0 unspecified atom stereocenters. The van der Waals surface area contributed by atoms with Crippen LogP contribution in [0.2, 0.25) is 0 Å². The second-order valence-corrected chi connectivity index (χ2v) is 5.85. The van der Waals surface area contributed by atoms with Gasteiger partial charge in [-0.1, -0.05) is 11.8 Å². The van der Waals surface area contributed by atoms with Gasteiger partial charge in [0.25, 0.3) is 11.8 Å². The van der Waals surface area contributed by atoms with Gasteiger partial charge in [0, 0.05) is 13.1 Å². The number of imidazole rings is 1. The van der Waals surface area contributed by atoms with Gasteiger partial charge in [0.15, 0.2) is 5.69 Å². The average molecular weight is 372 g/mol. The van der Waals surface area contributed by atoms with Crippen LogP contribution in [0.25, 0.3) is 11.4 Å². The van der Waals surface area contributed by atoms with Crippen molar-refractivity contribution in [3.8, 4) is 29.0 Å². The van der Waals surface area contributed by atoms with Crippen LogP contribution < -0.4 is 15.8 Å². The van der Waals surface area contributed by atoms with Crippen molar-refractivity contribution in [3.05, 3.63) is 34.9 Å². The zero-order valence-corrected chi connectivity index (χ0v) is 14.7. The number of aliphatic hydroxyl groups is 1. The van der Waals surface area contributed by atoms with Crippen molar-refractivity contribution in [2.75, 3.05) is 13.7 Å². The van der Waals surface area contributed by atoms with Crippen LogP contribution >= 0.6 is 0 Å². The second kappa shape index (κ2) is 7.09. The van der Waals surface area contributed by atoms with Crippen LogP contribution in [0.5, 0.6) is 5.75 Å². The summed E-state index contributed by atoms with van der Waals surface area (Å²) in [5.74, 6) is 3.47. The lowest BCUT2D eigenvalue weighted by atomic mass is 10.1. The Morgan fingerprint density at radius 1 is 1.48 bits per heavy atom. The predicted molar refractivity (Wildman–Crippen MR) is 93.6 cm³/mol. The molecule has 9 heteroatoms. The molecule has 27 heavy (non-hydrogen) atoms. The molecule has 0 saturated carbocycles. The highest BCUT2D eigenvalue weighted by atomic mass is 19.1. The number of carbonyl (C=O) groups is 2. The summed E-state index contributed by atoms with van der Waals surface area (Å²) in [5, 5.41) is 11.8. The monoisotopic (exact) mass is 372 g/mol. The normalized spacial score (nSPS) is 13.2. The highest BCUT2D eigenvalue weighted by Gasteiger charge is 2.29. The first-order valence-electron chi connectivity index (χ1n) is 8.12. The quantitative estimate of drug-likeness (QED) is 0.654. The summed E-state index contributed by atoms with van der Waals surface area (Å²) in [6.07, 6.45) is -0.928. The molecule has 0 aliphatic carbocycles. The van der Waals surface area contributed by atoms with E-state index in [4.69, 9.17) is 10.5 Å². The van der Waals surface area contributed by atoms with Crippen LogP contribution in [0.3, 0.4) is 0 Å². The van der Waals surface area contributed by atoms with Gasteiger partial charge in [0.05, 0.1) is 17.7 Å². The molecule has 0 bridgehead atoms. The standard InChI is InChI=1S/C18H17FN4O4/c1-9(24)3-4-10-7-11-13(8-12(10)19)27-6-5-23-15(18(26)21-2)14(16(20)25)22-17(11)23/h7-9,24H,5-6H2,1-2H3,(H2,20,25)(H,21,26)/t9-/m1/s1. The Bertz CT molecular complexity index is 1000. The molecular weight excluding hydrogens is 355 g/mol. The smallest absolute Gasteiger partial charge is 0.270 e. The fourth-order valence-corrected chi connectivity index (χ4v) is 2.77. The molecule has 2 heterocycles. The molecule has 140 valence electrons. The van der Waals surface area contributed by atoms with Gasteiger partial charge in [0.1, 0.15) is 35.8 Å². The molecule has 0 radical (unpaired) electrons. The Morgan fingerprint density at radius 2 is 2.22 bits per heavy atom. The maximum Gasteiger partial charge on any atom is 0.270 e. The summed E-state index contributed by atoms with van der Waals surface area (Å²) in [6, 6.07) is 2.57. The number of aliphatic hydroxyl groups excluding tert-OH is 1. The van der Waals surface area contributed by atoms with E-state index in [-0.39, 0.29) is 41.7 Å². The third kappa shape index (κ3) is 3.35. The van der Waals surface area contributed by atoms with E-state index in [1.807, 2.05) is 0 Å². The Labute approximate surface area is 154 Å². The van der Waals surface area contributed by atoms with E-state index in [0.717, 1.165) is 6.07 Å². The first kappa shape index (κ1) is 18.4. The van der Waals surface area contributed by atoms with Crippen LogP contribution in [0.15, 0.2) is 12.1 Å². The molecule has 4 N–H and O–H groups in total. The number of nitrogens with one attached hydrogen (secondary N) is 1. The topological polar surface area (TPSA) is 119 Å². The number of ether oxygens (including phenoxy) is 1. The van der Waals surface area contributed by atoms with Crippen molar-refractivity contribution in [2.24, 2.45) is 5.73 Å². The molecule has 2 aromatic rings. The molecule has 1 aliphatic rings. The third-order valence-corrected chi connectivity index (χ3v) is 3.94. The summed E-state index contributed by atoms with van der Waals surface area (Å²) in [7, 11) is 1.42. The fraction of sp³-hybridized carbons (Fsp3) is 0.278. The Kier molecular flexibility index (Phi) is 4.83. The van der Waals surface area contributed by atoms with Crippen LogP contribution in [0.1, 0.15) is 33.5 Å². The summed E-state index contributed by atoms with van der Waals surface area (Å²) < 4.78 is 21.4. The van der Waals surface area contributed by atoms with E-state index < -0.39 is 23.7 Å². The molecule has 0 saturated heterocycles. The predicted octanol–water partition coefficient (Wildman–Crippen LogP) is 0.272.